The number of nitrogens with one attached hydrogen (secondary N) is 1. The lowest BCUT2D eigenvalue weighted by molar-refractivity contribution is -0.143. The van der Waals surface area contributed by atoms with Gasteiger partial charge < -0.3 is 20.1 Å². The van der Waals surface area contributed by atoms with Crippen LogP contribution in [0.4, 0.5) is 0 Å². The third kappa shape index (κ3) is 4.94. The number of thioether (sulfide) groups is 1. The van der Waals surface area contributed by atoms with Gasteiger partial charge in [0, 0.05) is 24.7 Å². The van der Waals surface area contributed by atoms with Gasteiger partial charge in [-0.25, -0.2) is 4.79 Å². The Morgan fingerprint density at radius 2 is 1.90 bits per heavy atom. The Kier molecular flexibility index (Phi) is 6.99. The normalized spacial score (nSPS) is 16.7. The standard InChI is InChI=1S/C22H24N2O5S/c1-14(25)24-13-30-12-19(24)21(26)23-18(22(27)28)11-15-7-9-16(10-8-15)17-5-3-4-6-20(17)29-2/h3-10,18-19H,11-13H2,1-2H3,(H,23,26)(H,27,28)/t18-,19-/m0/s1. The van der Waals surface area contributed by atoms with Crippen molar-refractivity contribution in [3.05, 3.63) is 54.1 Å². The van der Waals surface area contributed by atoms with Gasteiger partial charge in [0.25, 0.3) is 0 Å². The summed E-state index contributed by atoms with van der Waals surface area (Å²) in [4.78, 5) is 37.4. The van der Waals surface area contributed by atoms with Crippen LogP contribution in [0.2, 0.25) is 0 Å². The van der Waals surface area contributed by atoms with Crippen molar-refractivity contribution in [2.24, 2.45) is 0 Å². The van der Waals surface area contributed by atoms with Crippen LogP contribution in [0, 0.1) is 0 Å². The minimum Gasteiger partial charge on any atom is -0.496 e. The van der Waals surface area contributed by atoms with Crippen LogP contribution in [0.15, 0.2) is 48.5 Å². The highest BCUT2D eigenvalue weighted by atomic mass is 32.2. The van der Waals surface area contributed by atoms with E-state index in [-0.39, 0.29) is 12.3 Å². The molecule has 0 bridgehead atoms. The minimum absolute atomic E-state index is 0.146. The molecule has 1 aliphatic rings. The molecule has 8 heteroatoms. The average molecular weight is 429 g/mol. The van der Waals surface area contributed by atoms with E-state index in [0.717, 1.165) is 22.4 Å². The van der Waals surface area contributed by atoms with Gasteiger partial charge in [-0.3, -0.25) is 9.59 Å². The lowest BCUT2D eigenvalue weighted by Gasteiger charge is -2.23. The lowest BCUT2D eigenvalue weighted by atomic mass is 10.00. The maximum Gasteiger partial charge on any atom is 0.326 e. The van der Waals surface area contributed by atoms with E-state index in [1.807, 2.05) is 48.5 Å². The fourth-order valence-corrected chi connectivity index (χ4v) is 4.60. The number of carboxylic acids is 1. The smallest absolute Gasteiger partial charge is 0.326 e. The molecule has 0 unspecified atom stereocenters. The molecule has 2 atom stereocenters. The molecule has 2 amide bonds. The molecule has 30 heavy (non-hydrogen) atoms. The largest absolute Gasteiger partial charge is 0.496 e. The topological polar surface area (TPSA) is 95.9 Å². The van der Waals surface area contributed by atoms with Crippen LogP contribution in [-0.4, -0.2) is 58.6 Å². The van der Waals surface area contributed by atoms with E-state index in [1.165, 1.54) is 23.6 Å². The number of ether oxygens (including phenoxy) is 1. The second-order valence-corrected chi connectivity index (χ2v) is 8.01. The van der Waals surface area contributed by atoms with E-state index >= 15 is 0 Å². The predicted octanol–water partition coefficient (Wildman–Crippen LogP) is 2.40. The second kappa shape index (κ2) is 9.67. The highest BCUT2D eigenvalue weighted by Gasteiger charge is 2.35. The Hall–Kier alpha value is -3.00. The summed E-state index contributed by atoms with van der Waals surface area (Å²) >= 11 is 1.48. The molecule has 0 radical (unpaired) electrons. The summed E-state index contributed by atoms with van der Waals surface area (Å²) in [5, 5.41) is 12.2. The lowest BCUT2D eigenvalue weighted by Crippen LogP contribution is -2.52. The fourth-order valence-electron chi connectivity index (χ4n) is 3.38. The number of carboxylic acid groups (broad SMARTS) is 1. The Balaban J connectivity index is 1.70. The summed E-state index contributed by atoms with van der Waals surface area (Å²) in [5.41, 5.74) is 2.68. The number of methoxy groups -OCH3 is 1. The summed E-state index contributed by atoms with van der Waals surface area (Å²) in [5.74, 6) is -0.0873. The summed E-state index contributed by atoms with van der Waals surface area (Å²) in [7, 11) is 1.61. The molecule has 2 aromatic rings. The molecule has 0 saturated carbocycles. The summed E-state index contributed by atoms with van der Waals surface area (Å²) in [6, 6.07) is 13.4. The average Bonchev–Trinajstić information content (AvgIpc) is 3.24. The van der Waals surface area contributed by atoms with Crippen molar-refractivity contribution in [2.45, 2.75) is 25.4 Å². The monoisotopic (exact) mass is 428 g/mol. The van der Waals surface area contributed by atoms with Crippen molar-refractivity contribution in [3.8, 4) is 16.9 Å². The Labute approximate surface area is 179 Å². The van der Waals surface area contributed by atoms with Gasteiger partial charge in [0.1, 0.15) is 17.8 Å². The molecular formula is C22H24N2O5S. The first-order valence-electron chi connectivity index (χ1n) is 9.51. The van der Waals surface area contributed by atoms with Crippen molar-refractivity contribution in [2.75, 3.05) is 18.7 Å². The molecule has 2 aromatic carbocycles. The maximum absolute atomic E-state index is 12.6. The van der Waals surface area contributed by atoms with E-state index in [4.69, 9.17) is 4.74 Å². The number of carbonyl (C=O) groups excluding carboxylic acids is 2. The van der Waals surface area contributed by atoms with Crippen molar-refractivity contribution in [1.29, 1.82) is 0 Å². The van der Waals surface area contributed by atoms with Crippen LogP contribution in [0.5, 0.6) is 5.75 Å². The highest BCUT2D eigenvalue weighted by molar-refractivity contribution is 7.99. The van der Waals surface area contributed by atoms with Crippen LogP contribution < -0.4 is 10.1 Å². The number of nitrogens with zero attached hydrogens (tertiary/aromatic N) is 1. The van der Waals surface area contributed by atoms with Gasteiger partial charge in [0.15, 0.2) is 0 Å². The van der Waals surface area contributed by atoms with Gasteiger partial charge in [0.05, 0.1) is 13.0 Å². The van der Waals surface area contributed by atoms with Crippen LogP contribution in [0.25, 0.3) is 11.1 Å². The van der Waals surface area contributed by atoms with Crippen molar-refractivity contribution in [3.63, 3.8) is 0 Å². The van der Waals surface area contributed by atoms with Gasteiger partial charge in [-0.1, -0.05) is 42.5 Å². The number of amides is 2. The number of aliphatic carboxylic acids is 1. The van der Waals surface area contributed by atoms with E-state index in [9.17, 15) is 19.5 Å². The summed E-state index contributed by atoms with van der Waals surface area (Å²) in [6.07, 6.45) is 0.146. The molecule has 0 spiro atoms. The summed E-state index contributed by atoms with van der Waals surface area (Å²) in [6.45, 7) is 1.41. The van der Waals surface area contributed by atoms with E-state index in [0.29, 0.717) is 11.6 Å². The zero-order valence-corrected chi connectivity index (χ0v) is 17.6. The van der Waals surface area contributed by atoms with Crippen LogP contribution in [0.1, 0.15) is 12.5 Å². The third-order valence-corrected chi connectivity index (χ3v) is 6.03. The molecule has 158 valence electrons. The molecule has 2 N–H and O–H groups in total. The Morgan fingerprint density at radius 3 is 2.53 bits per heavy atom. The van der Waals surface area contributed by atoms with Crippen molar-refractivity contribution in [1.82, 2.24) is 10.2 Å². The molecule has 1 heterocycles. The quantitative estimate of drug-likeness (QED) is 0.703. The van der Waals surface area contributed by atoms with Gasteiger partial charge >= 0.3 is 5.97 Å². The Morgan fingerprint density at radius 1 is 1.20 bits per heavy atom. The number of hydrogen-bond donors (Lipinski definition) is 2. The van der Waals surface area contributed by atoms with Gasteiger partial charge in [0.2, 0.25) is 11.8 Å². The molecule has 1 aliphatic heterocycles. The van der Waals surface area contributed by atoms with Gasteiger partial charge in [-0.2, -0.15) is 0 Å². The zero-order valence-electron chi connectivity index (χ0n) is 16.8. The van der Waals surface area contributed by atoms with Gasteiger partial charge in [-0.05, 0) is 17.2 Å². The molecule has 0 aliphatic carbocycles. The number of carbonyl (C=O) groups is 3. The molecular weight excluding hydrogens is 404 g/mol. The van der Waals surface area contributed by atoms with Gasteiger partial charge in [-0.15, -0.1) is 11.8 Å². The molecule has 3 rings (SSSR count). The Bertz CT molecular complexity index is 931. The number of rotatable bonds is 7. The van der Waals surface area contributed by atoms with Crippen molar-refractivity contribution >= 4 is 29.5 Å². The third-order valence-electron chi connectivity index (χ3n) is 5.02. The molecule has 1 saturated heterocycles. The van der Waals surface area contributed by atoms with E-state index in [1.54, 1.807) is 7.11 Å². The zero-order chi connectivity index (χ0) is 21.7. The van der Waals surface area contributed by atoms with Crippen LogP contribution >= 0.6 is 11.8 Å². The van der Waals surface area contributed by atoms with Crippen LogP contribution in [0.3, 0.4) is 0 Å². The predicted molar refractivity (Wildman–Crippen MR) is 115 cm³/mol. The maximum atomic E-state index is 12.6. The number of benzene rings is 2. The molecule has 0 aromatic heterocycles. The second-order valence-electron chi connectivity index (χ2n) is 7.01. The first-order valence-corrected chi connectivity index (χ1v) is 10.7. The number of para-hydroxylation sites is 1. The SMILES string of the molecule is COc1ccccc1-c1ccc(C[C@H](NC(=O)[C@@H]2CSCN2C(C)=O)C(=O)O)cc1. The minimum atomic E-state index is -1.11. The summed E-state index contributed by atoms with van der Waals surface area (Å²) < 4.78 is 5.39. The molecule has 7 nitrogen and oxygen atoms in total. The van der Waals surface area contributed by atoms with E-state index < -0.39 is 24.0 Å². The van der Waals surface area contributed by atoms with Crippen molar-refractivity contribution < 1.29 is 24.2 Å². The van der Waals surface area contributed by atoms with Crippen LogP contribution in [-0.2, 0) is 20.8 Å². The first-order chi connectivity index (χ1) is 14.4. The molecule has 1 fully saturated rings. The number of hydrogen-bond acceptors (Lipinski definition) is 5. The van der Waals surface area contributed by atoms with E-state index in [2.05, 4.69) is 5.32 Å². The first kappa shape index (κ1) is 21.7. The highest BCUT2D eigenvalue weighted by Crippen LogP contribution is 2.29. The fraction of sp³-hybridized carbons (Fsp3) is 0.318.